The molecule has 0 heterocycles. The Morgan fingerprint density at radius 2 is 1.96 bits per heavy atom. The van der Waals surface area contributed by atoms with E-state index < -0.39 is 0 Å². The molecule has 1 amide bonds. The van der Waals surface area contributed by atoms with Crippen LogP contribution in [0.1, 0.15) is 25.8 Å². The molecule has 8 heteroatoms. The number of carbonyl (C=O) groups excluding carboxylic acids is 1. The molecule has 1 aromatic rings. The molecular weight excluding hydrogens is 458 g/mol. The first-order chi connectivity index (χ1) is 11.2. The number of aliphatic imine (C=N–C) groups is 1. The summed E-state index contributed by atoms with van der Waals surface area (Å²) in [6.07, 6.45) is 0.390. The first-order valence-electron chi connectivity index (χ1n) is 7.77. The maximum atomic E-state index is 13.2. The normalized spacial score (nSPS) is 11.6. The maximum absolute atomic E-state index is 13.2. The fourth-order valence-electron chi connectivity index (χ4n) is 2.17. The molecule has 0 saturated carbocycles. The minimum Gasteiger partial charge on any atom is -0.356 e. The van der Waals surface area contributed by atoms with Crippen molar-refractivity contribution in [2.45, 2.75) is 25.7 Å². The molecule has 0 aliphatic rings. The van der Waals surface area contributed by atoms with E-state index in [-0.39, 0.29) is 41.1 Å². The molecule has 0 fully saturated rings. The quantitative estimate of drug-likeness (QED) is 0.371. The summed E-state index contributed by atoms with van der Waals surface area (Å²) < 4.78 is 13.2. The van der Waals surface area contributed by atoms with E-state index in [1.54, 1.807) is 32.1 Å². The Hall–Kier alpha value is -1.09. The Morgan fingerprint density at radius 1 is 1.32 bits per heavy atom. The van der Waals surface area contributed by atoms with Gasteiger partial charge in [-0.1, -0.05) is 31.5 Å². The second kappa shape index (κ2) is 10.8. The minimum absolute atomic E-state index is 0. The van der Waals surface area contributed by atoms with Crippen molar-refractivity contribution < 1.29 is 9.18 Å². The van der Waals surface area contributed by atoms with E-state index >= 15 is 0 Å². The number of carbonyl (C=O) groups is 1. The van der Waals surface area contributed by atoms with Gasteiger partial charge in [0.15, 0.2) is 5.96 Å². The van der Waals surface area contributed by atoms with Crippen LogP contribution in [0.5, 0.6) is 0 Å². The zero-order chi connectivity index (χ0) is 18.3. The number of guanidine groups is 1. The van der Waals surface area contributed by atoms with Crippen molar-refractivity contribution in [3.8, 4) is 0 Å². The lowest BCUT2D eigenvalue weighted by Gasteiger charge is -2.27. The lowest BCUT2D eigenvalue weighted by molar-refractivity contribution is -0.128. The van der Waals surface area contributed by atoms with Gasteiger partial charge in [-0.15, -0.1) is 24.0 Å². The van der Waals surface area contributed by atoms with Crippen molar-refractivity contribution in [1.82, 2.24) is 15.5 Å². The van der Waals surface area contributed by atoms with Crippen LogP contribution in [-0.4, -0.2) is 51.0 Å². The van der Waals surface area contributed by atoms with Crippen LogP contribution in [0.4, 0.5) is 4.39 Å². The van der Waals surface area contributed by atoms with E-state index in [0.717, 1.165) is 5.56 Å². The van der Waals surface area contributed by atoms with Crippen molar-refractivity contribution in [1.29, 1.82) is 0 Å². The first-order valence-corrected chi connectivity index (χ1v) is 8.15. The Kier molecular flexibility index (Phi) is 10.3. The van der Waals surface area contributed by atoms with Gasteiger partial charge < -0.3 is 15.5 Å². The van der Waals surface area contributed by atoms with Crippen LogP contribution in [0, 0.1) is 5.82 Å². The van der Waals surface area contributed by atoms with Gasteiger partial charge in [-0.2, -0.15) is 0 Å². The summed E-state index contributed by atoms with van der Waals surface area (Å²) in [5.74, 6) is 0.305. The molecule has 0 spiro atoms. The number of hydrogen-bond acceptors (Lipinski definition) is 2. The number of benzene rings is 1. The van der Waals surface area contributed by atoms with Crippen molar-refractivity contribution in [3.05, 3.63) is 34.6 Å². The summed E-state index contributed by atoms with van der Waals surface area (Å²) in [5.41, 5.74) is 0.540. The van der Waals surface area contributed by atoms with Gasteiger partial charge in [-0.3, -0.25) is 9.79 Å². The van der Waals surface area contributed by atoms with E-state index in [9.17, 15) is 9.18 Å². The van der Waals surface area contributed by atoms with E-state index in [1.807, 2.05) is 13.8 Å². The third-order valence-electron chi connectivity index (χ3n) is 3.71. The molecule has 0 unspecified atom stereocenters. The average Bonchev–Trinajstić information content (AvgIpc) is 2.49. The molecule has 142 valence electrons. The zero-order valence-corrected chi connectivity index (χ0v) is 18.4. The van der Waals surface area contributed by atoms with Gasteiger partial charge in [-0.25, -0.2) is 4.39 Å². The fourth-order valence-corrected chi connectivity index (χ4v) is 2.59. The summed E-state index contributed by atoms with van der Waals surface area (Å²) in [7, 11) is 5.12. The molecule has 25 heavy (non-hydrogen) atoms. The SMILES string of the molecule is CN=C(NCCC(=O)N(C)C)NCC(C)(C)c1ccc(F)cc1Cl.I. The highest BCUT2D eigenvalue weighted by Gasteiger charge is 2.24. The molecule has 0 radical (unpaired) electrons. The monoisotopic (exact) mass is 484 g/mol. The Balaban J connectivity index is 0.00000576. The molecule has 0 saturated heterocycles. The number of amides is 1. The predicted molar refractivity (Wildman–Crippen MR) is 113 cm³/mol. The van der Waals surface area contributed by atoms with Crippen LogP contribution in [-0.2, 0) is 10.2 Å². The molecule has 0 atom stereocenters. The van der Waals surface area contributed by atoms with Gasteiger partial charge in [0.05, 0.1) is 0 Å². The van der Waals surface area contributed by atoms with Crippen LogP contribution in [0.2, 0.25) is 5.02 Å². The highest BCUT2D eigenvalue weighted by Crippen LogP contribution is 2.29. The van der Waals surface area contributed by atoms with Crippen molar-refractivity contribution in [2.75, 3.05) is 34.2 Å². The van der Waals surface area contributed by atoms with Gasteiger partial charge in [0.25, 0.3) is 0 Å². The van der Waals surface area contributed by atoms with Gasteiger partial charge in [0.2, 0.25) is 5.91 Å². The lowest BCUT2D eigenvalue weighted by Crippen LogP contribution is -2.44. The molecule has 0 aliphatic heterocycles. The number of rotatable bonds is 6. The second-order valence-corrected chi connectivity index (χ2v) is 6.81. The van der Waals surface area contributed by atoms with Crippen molar-refractivity contribution >= 4 is 47.4 Å². The largest absolute Gasteiger partial charge is 0.356 e. The van der Waals surface area contributed by atoms with Crippen LogP contribution >= 0.6 is 35.6 Å². The summed E-state index contributed by atoms with van der Waals surface area (Å²) in [6, 6.07) is 4.42. The standard InChI is InChI=1S/C17H26ClFN4O.HI/c1-17(2,13-7-6-12(19)10-14(13)18)11-22-16(20-3)21-9-8-15(24)23(4)5;/h6-7,10H,8-9,11H2,1-5H3,(H2,20,21,22);1H. The zero-order valence-electron chi connectivity index (χ0n) is 15.3. The molecule has 2 N–H and O–H groups in total. The highest BCUT2D eigenvalue weighted by molar-refractivity contribution is 14.0. The topological polar surface area (TPSA) is 56.7 Å². The van der Waals surface area contributed by atoms with Gasteiger partial charge >= 0.3 is 0 Å². The van der Waals surface area contributed by atoms with Gasteiger partial charge in [0.1, 0.15) is 5.82 Å². The fraction of sp³-hybridized carbons (Fsp3) is 0.529. The minimum atomic E-state index is -0.351. The van der Waals surface area contributed by atoms with Crippen LogP contribution < -0.4 is 10.6 Å². The molecule has 0 bridgehead atoms. The van der Waals surface area contributed by atoms with Crippen LogP contribution in [0.3, 0.4) is 0 Å². The van der Waals surface area contributed by atoms with E-state index in [0.29, 0.717) is 30.5 Å². The first kappa shape index (κ1) is 23.9. The highest BCUT2D eigenvalue weighted by atomic mass is 127. The predicted octanol–water partition coefficient (Wildman–Crippen LogP) is 3.02. The Labute approximate surface area is 171 Å². The molecule has 1 aromatic carbocycles. The summed E-state index contributed by atoms with van der Waals surface area (Å²) in [6.45, 7) is 5.08. The summed E-state index contributed by atoms with van der Waals surface area (Å²) in [5, 5.41) is 6.72. The molecule has 0 aliphatic carbocycles. The number of halogens is 3. The molecule has 0 aromatic heterocycles. The van der Waals surface area contributed by atoms with Crippen LogP contribution in [0.25, 0.3) is 0 Å². The molecule has 5 nitrogen and oxygen atoms in total. The number of hydrogen-bond donors (Lipinski definition) is 2. The third-order valence-corrected chi connectivity index (χ3v) is 4.02. The lowest BCUT2D eigenvalue weighted by atomic mass is 9.84. The Morgan fingerprint density at radius 3 is 2.48 bits per heavy atom. The molecule has 1 rings (SSSR count). The third kappa shape index (κ3) is 7.77. The number of nitrogens with zero attached hydrogens (tertiary/aromatic N) is 2. The van der Waals surface area contributed by atoms with E-state index in [1.165, 1.54) is 12.1 Å². The van der Waals surface area contributed by atoms with Gasteiger partial charge in [0, 0.05) is 51.1 Å². The second-order valence-electron chi connectivity index (χ2n) is 6.40. The number of nitrogens with one attached hydrogen (secondary N) is 2. The summed E-state index contributed by atoms with van der Waals surface area (Å²) in [4.78, 5) is 17.3. The van der Waals surface area contributed by atoms with Crippen LogP contribution in [0.15, 0.2) is 23.2 Å². The summed E-state index contributed by atoms with van der Waals surface area (Å²) >= 11 is 6.16. The van der Waals surface area contributed by atoms with Gasteiger partial charge in [-0.05, 0) is 17.7 Å². The van der Waals surface area contributed by atoms with Crippen molar-refractivity contribution in [2.24, 2.45) is 4.99 Å². The van der Waals surface area contributed by atoms with E-state index in [2.05, 4.69) is 15.6 Å². The maximum Gasteiger partial charge on any atom is 0.223 e. The Bertz CT molecular complexity index is 608. The van der Waals surface area contributed by atoms with Crippen molar-refractivity contribution in [3.63, 3.8) is 0 Å². The molecular formula is C17H27ClFIN4O. The average molecular weight is 485 g/mol. The van der Waals surface area contributed by atoms with E-state index in [4.69, 9.17) is 11.6 Å². The smallest absolute Gasteiger partial charge is 0.223 e.